The molecule has 0 aliphatic rings. The van der Waals surface area contributed by atoms with Crippen molar-refractivity contribution >= 4 is 30.3 Å². The molecule has 0 rings (SSSR count). The maximum Gasteiger partial charge on any atom is 0.330 e. The van der Waals surface area contributed by atoms with Crippen LogP contribution in [0.25, 0.3) is 0 Å². The number of carbonyl (C=O) groups excluding carboxylic acids is 2. The van der Waals surface area contributed by atoms with Gasteiger partial charge in [0.2, 0.25) is 5.91 Å². The van der Waals surface area contributed by atoms with Gasteiger partial charge in [0, 0.05) is 25.0 Å². The Morgan fingerprint density at radius 3 is 2.17 bits per heavy atom. The van der Waals surface area contributed by atoms with Crippen LogP contribution in [-0.4, -0.2) is 60.7 Å². The Bertz CT molecular complexity index is 709. The molecular formula is C20H39NO7SSi. The largest absolute Gasteiger partial charge is 0.466 e. The predicted molar refractivity (Wildman–Crippen MR) is 120 cm³/mol. The minimum atomic E-state index is -3.77. The van der Waals surface area contributed by atoms with Gasteiger partial charge in [-0.25, -0.2) is 4.79 Å². The number of amides is 1. The summed E-state index contributed by atoms with van der Waals surface area (Å²) in [6.07, 6.45) is 2.61. The lowest BCUT2D eigenvalue weighted by atomic mass is 9.87. The first-order valence-corrected chi connectivity index (χ1v) is 14.5. The summed E-state index contributed by atoms with van der Waals surface area (Å²) in [5.74, 6) is -0.923. The second-order valence-corrected chi connectivity index (χ2v) is 16.0. The number of ether oxygens (including phenoxy) is 1. The average Bonchev–Trinajstić information content (AvgIpc) is 2.59. The first-order chi connectivity index (χ1) is 13.4. The van der Waals surface area contributed by atoms with Gasteiger partial charge in [-0.3, -0.25) is 8.98 Å². The number of rotatable bonds is 12. The van der Waals surface area contributed by atoms with Gasteiger partial charge in [0.15, 0.2) is 8.32 Å². The van der Waals surface area contributed by atoms with E-state index in [9.17, 15) is 18.0 Å². The quantitative estimate of drug-likeness (QED) is 0.155. The van der Waals surface area contributed by atoms with Crippen molar-refractivity contribution in [2.24, 2.45) is 5.41 Å². The molecule has 0 bridgehead atoms. The number of methoxy groups -OCH3 is 1. The average molecular weight is 466 g/mol. The van der Waals surface area contributed by atoms with Crippen molar-refractivity contribution in [3.05, 3.63) is 12.2 Å². The van der Waals surface area contributed by atoms with Crippen molar-refractivity contribution in [2.45, 2.75) is 72.2 Å². The van der Waals surface area contributed by atoms with Crippen LogP contribution < -0.4 is 5.32 Å². The fourth-order valence-corrected chi connectivity index (χ4v) is 4.57. The minimum Gasteiger partial charge on any atom is -0.466 e. The zero-order valence-corrected chi connectivity index (χ0v) is 21.6. The molecule has 0 spiro atoms. The maximum atomic E-state index is 12.2. The van der Waals surface area contributed by atoms with Crippen molar-refractivity contribution < 1.29 is 31.4 Å². The van der Waals surface area contributed by atoms with E-state index in [4.69, 9.17) is 8.61 Å². The Morgan fingerprint density at radius 1 is 1.13 bits per heavy atom. The number of hydrogen-bond acceptors (Lipinski definition) is 7. The highest BCUT2D eigenvalue weighted by Gasteiger charge is 2.42. The third-order valence-electron chi connectivity index (χ3n) is 5.16. The van der Waals surface area contributed by atoms with Crippen molar-refractivity contribution in [3.63, 3.8) is 0 Å². The number of hydrogen-bond donors (Lipinski definition) is 1. The van der Waals surface area contributed by atoms with Crippen LogP contribution in [0.5, 0.6) is 0 Å². The van der Waals surface area contributed by atoms with Gasteiger partial charge in [-0.2, -0.15) is 8.42 Å². The van der Waals surface area contributed by atoms with E-state index in [-0.39, 0.29) is 36.3 Å². The molecule has 0 radical (unpaired) electrons. The second-order valence-electron chi connectivity index (χ2n) is 9.53. The summed E-state index contributed by atoms with van der Waals surface area (Å²) in [4.78, 5) is 22.5. The van der Waals surface area contributed by atoms with Crippen molar-refractivity contribution in [3.8, 4) is 0 Å². The van der Waals surface area contributed by atoms with Crippen molar-refractivity contribution in [1.29, 1.82) is 0 Å². The molecule has 0 unspecified atom stereocenters. The fourth-order valence-electron chi connectivity index (χ4n) is 2.08. The van der Waals surface area contributed by atoms with Gasteiger partial charge in [-0.05, 0) is 30.6 Å². The van der Waals surface area contributed by atoms with Gasteiger partial charge < -0.3 is 14.5 Å². The van der Waals surface area contributed by atoms with E-state index in [2.05, 4.69) is 43.9 Å². The normalized spacial score (nSPS) is 14.6. The summed E-state index contributed by atoms with van der Waals surface area (Å²) in [5.41, 5.74) is -0.731. The van der Waals surface area contributed by atoms with E-state index in [0.29, 0.717) is 0 Å². The zero-order chi connectivity index (χ0) is 23.8. The molecule has 0 heterocycles. The van der Waals surface area contributed by atoms with E-state index in [1.54, 1.807) is 6.08 Å². The third kappa shape index (κ3) is 10.7. The molecule has 0 aliphatic heterocycles. The van der Waals surface area contributed by atoms with Gasteiger partial charge in [0.1, 0.15) is 0 Å². The van der Waals surface area contributed by atoms with E-state index in [0.717, 1.165) is 0 Å². The van der Waals surface area contributed by atoms with Crippen LogP contribution in [0.4, 0.5) is 0 Å². The summed E-state index contributed by atoms with van der Waals surface area (Å²) in [6.45, 7) is 15.7. The maximum absolute atomic E-state index is 12.2. The molecule has 0 aromatic rings. The van der Waals surface area contributed by atoms with Crippen molar-refractivity contribution in [2.75, 3.05) is 26.0 Å². The fraction of sp³-hybridized carbons (Fsp3) is 0.800. The number of carbonyl (C=O) groups is 2. The Kier molecular flexibility index (Phi) is 10.9. The van der Waals surface area contributed by atoms with Crippen LogP contribution in [0, 0.1) is 5.41 Å². The molecule has 176 valence electrons. The molecule has 8 nitrogen and oxygen atoms in total. The standard InChI is InChI=1S/C20H39NO7SSi/c1-16(22)21-13-10-14-29(24,25)27-15-20(5,6)17(11-12-18(23)26-7)28-30(8,9)19(2,3)4/h11-12,17H,10,13-15H2,1-9H3,(H,21,22)/t17-/m0/s1. The summed E-state index contributed by atoms with van der Waals surface area (Å²) in [5, 5.41) is 2.48. The summed E-state index contributed by atoms with van der Waals surface area (Å²) >= 11 is 0. The van der Waals surface area contributed by atoms with Crippen LogP contribution in [-0.2, 0) is 33.1 Å². The van der Waals surface area contributed by atoms with E-state index >= 15 is 0 Å². The van der Waals surface area contributed by atoms with Crippen LogP contribution in [0.3, 0.4) is 0 Å². The predicted octanol–water partition coefficient (Wildman–Crippen LogP) is 3.00. The molecular weight excluding hydrogens is 426 g/mol. The molecule has 0 fully saturated rings. The molecule has 0 saturated carbocycles. The van der Waals surface area contributed by atoms with Gasteiger partial charge in [-0.1, -0.05) is 34.6 Å². The van der Waals surface area contributed by atoms with Crippen molar-refractivity contribution in [1.82, 2.24) is 5.32 Å². The number of nitrogens with one attached hydrogen (secondary N) is 1. The van der Waals surface area contributed by atoms with Gasteiger partial charge in [-0.15, -0.1) is 0 Å². The highest BCUT2D eigenvalue weighted by Crippen LogP contribution is 2.40. The molecule has 0 aromatic heterocycles. The second kappa shape index (κ2) is 11.4. The lowest BCUT2D eigenvalue weighted by Gasteiger charge is -2.43. The SMILES string of the molecule is COC(=O)C=C[C@H](O[Si](C)(C)C(C)(C)C)C(C)(C)COS(=O)(=O)CCCNC(C)=O. The molecule has 0 aromatic carbocycles. The van der Waals surface area contributed by atoms with Gasteiger partial charge >= 0.3 is 5.97 Å². The first-order valence-electron chi connectivity index (χ1n) is 9.99. The van der Waals surface area contributed by atoms with E-state index in [1.807, 2.05) is 13.8 Å². The number of esters is 1. The molecule has 1 amide bonds. The smallest absolute Gasteiger partial charge is 0.330 e. The Balaban J connectivity index is 5.34. The van der Waals surface area contributed by atoms with Crippen LogP contribution in [0.15, 0.2) is 12.2 Å². The Morgan fingerprint density at radius 2 is 1.70 bits per heavy atom. The van der Waals surface area contributed by atoms with Crippen LogP contribution in [0.2, 0.25) is 18.1 Å². The Labute approximate surface area is 183 Å². The lowest BCUT2D eigenvalue weighted by molar-refractivity contribution is -0.135. The first kappa shape index (κ1) is 28.8. The highest BCUT2D eigenvalue weighted by molar-refractivity contribution is 7.86. The van der Waals surface area contributed by atoms with E-state index < -0.39 is 35.9 Å². The summed E-state index contributed by atoms with van der Waals surface area (Å²) in [6, 6.07) is 0. The topological polar surface area (TPSA) is 108 Å². The Hall–Kier alpha value is -1.23. The van der Waals surface area contributed by atoms with Crippen LogP contribution in [0.1, 0.15) is 48.0 Å². The zero-order valence-electron chi connectivity index (χ0n) is 19.8. The van der Waals surface area contributed by atoms with Gasteiger partial charge in [0.25, 0.3) is 10.1 Å². The molecule has 0 aliphatic carbocycles. The van der Waals surface area contributed by atoms with E-state index in [1.165, 1.54) is 20.1 Å². The molecule has 1 N–H and O–H groups in total. The highest BCUT2D eigenvalue weighted by atomic mass is 32.2. The summed E-state index contributed by atoms with van der Waals surface area (Å²) < 4.78 is 40.9. The minimum absolute atomic E-state index is 0.0723. The molecule has 1 atom stereocenters. The molecule has 0 saturated heterocycles. The summed E-state index contributed by atoms with van der Waals surface area (Å²) in [7, 11) is -4.70. The lowest BCUT2D eigenvalue weighted by Crippen LogP contribution is -2.48. The molecule has 30 heavy (non-hydrogen) atoms. The monoisotopic (exact) mass is 465 g/mol. The molecule has 10 heteroatoms. The van der Waals surface area contributed by atoms with Crippen LogP contribution >= 0.6 is 0 Å². The third-order valence-corrected chi connectivity index (χ3v) is 10.9. The van der Waals surface area contributed by atoms with Gasteiger partial charge in [0.05, 0.1) is 25.6 Å².